The Labute approximate surface area is 612 Å². The van der Waals surface area contributed by atoms with Gasteiger partial charge in [0.1, 0.15) is 19.3 Å². The lowest BCUT2D eigenvalue weighted by Gasteiger charge is -2.21. The van der Waals surface area contributed by atoms with Gasteiger partial charge in [0.05, 0.1) is 26.4 Å². The zero-order chi connectivity index (χ0) is 73.5. The average molecular weight is 1460 g/mol. The lowest BCUT2D eigenvalue weighted by molar-refractivity contribution is -0.161. The zero-order valence-corrected chi connectivity index (χ0v) is 66.8. The molecule has 100 heavy (non-hydrogen) atoms. The van der Waals surface area contributed by atoms with Gasteiger partial charge in [-0.2, -0.15) is 0 Å². The monoisotopic (exact) mass is 1460 g/mol. The molecule has 0 bridgehead atoms. The number of phosphoric acid groups is 2. The Bertz CT molecular complexity index is 2020. The van der Waals surface area contributed by atoms with Gasteiger partial charge < -0.3 is 33.8 Å². The quantitative estimate of drug-likeness (QED) is 0.0169. The van der Waals surface area contributed by atoms with Gasteiger partial charge in [-0.3, -0.25) is 37.3 Å². The van der Waals surface area contributed by atoms with Crippen molar-refractivity contribution in [2.24, 2.45) is 11.8 Å². The molecule has 2 unspecified atom stereocenters. The number of unbranched alkanes of at least 4 members (excludes halogenated alkanes) is 45. The second-order valence-electron chi connectivity index (χ2n) is 29.4. The highest BCUT2D eigenvalue weighted by molar-refractivity contribution is 7.47. The van der Waals surface area contributed by atoms with Crippen LogP contribution in [0, 0.1) is 11.8 Å². The standard InChI is InChI=1S/C81H154O17P2/c1-7-9-11-13-15-17-19-20-22-30-35-41-47-53-59-65-80(85)97-76(69-91-78(83)63-57-51-45-39-18-16-14-12-10-8-2)71-95-99(87,88)93-67-75(82)68-94-100(89,90)96-72-77(70-92-79(84)64-58-52-46-40-34-29-26-25-28-33-38-44-50-56-62-74(5)6)98-81(86)66-60-54-48-42-36-31-24-21-23-27-32-37-43-49-55-61-73(3)4/h17,19-20,22,73-77,82H,7-16,18,21,23-72H2,1-6H3,(H,87,88)(H,89,90)/b19-17-,22-20-/t75-,76+,77+/m0/s1. The molecule has 0 heterocycles. The minimum Gasteiger partial charge on any atom is -0.462 e. The van der Waals surface area contributed by atoms with E-state index >= 15 is 0 Å². The van der Waals surface area contributed by atoms with Gasteiger partial charge in [-0.15, -0.1) is 0 Å². The Kier molecular flexibility index (Phi) is 70.3. The number of hydrogen-bond acceptors (Lipinski definition) is 15. The van der Waals surface area contributed by atoms with Crippen molar-refractivity contribution < 1.29 is 80.2 Å². The molecule has 0 aromatic heterocycles. The van der Waals surface area contributed by atoms with Gasteiger partial charge in [-0.25, -0.2) is 9.13 Å². The fourth-order valence-electron chi connectivity index (χ4n) is 12.0. The fraction of sp³-hybridized carbons (Fsp3) is 0.901. The molecular weight excluding hydrogens is 1310 g/mol. The lowest BCUT2D eigenvalue weighted by atomic mass is 10.0. The van der Waals surface area contributed by atoms with Crippen LogP contribution >= 0.6 is 15.6 Å². The van der Waals surface area contributed by atoms with Gasteiger partial charge in [0.2, 0.25) is 0 Å². The first-order valence-corrected chi connectivity index (χ1v) is 44.3. The Balaban J connectivity index is 5.27. The molecule has 5 atom stereocenters. The van der Waals surface area contributed by atoms with Gasteiger partial charge in [0.15, 0.2) is 12.2 Å². The van der Waals surface area contributed by atoms with E-state index in [2.05, 4.69) is 65.8 Å². The summed E-state index contributed by atoms with van der Waals surface area (Å²) in [5.74, 6) is -0.540. The zero-order valence-electron chi connectivity index (χ0n) is 65.0. The van der Waals surface area contributed by atoms with E-state index in [0.717, 1.165) is 115 Å². The van der Waals surface area contributed by atoms with Crippen molar-refractivity contribution in [1.29, 1.82) is 0 Å². The predicted molar refractivity (Wildman–Crippen MR) is 409 cm³/mol. The Morgan fingerprint density at radius 2 is 0.540 bits per heavy atom. The number of hydrogen-bond donors (Lipinski definition) is 3. The summed E-state index contributed by atoms with van der Waals surface area (Å²) in [5.41, 5.74) is 0. The minimum atomic E-state index is -4.97. The van der Waals surface area contributed by atoms with Crippen molar-refractivity contribution in [3.8, 4) is 0 Å². The van der Waals surface area contributed by atoms with E-state index in [9.17, 15) is 43.2 Å². The van der Waals surface area contributed by atoms with E-state index in [4.69, 9.17) is 37.0 Å². The van der Waals surface area contributed by atoms with E-state index in [1.165, 1.54) is 205 Å². The Morgan fingerprint density at radius 3 is 0.820 bits per heavy atom. The third-order valence-electron chi connectivity index (χ3n) is 18.3. The van der Waals surface area contributed by atoms with Gasteiger partial charge >= 0.3 is 39.5 Å². The molecule has 0 aromatic rings. The van der Waals surface area contributed by atoms with Crippen LogP contribution in [0.4, 0.5) is 0 Å². The van der Waals surface area contributed by atoms with Crippen LogP contribution in [0.3, 0.4) is 0 Å². The molecule has 19 heteroatoms. The molecule has 0 aliphatic rings. The van der Waals surface area contributed by atoms with Crippen LogP contribution in [0.25, 0.3) is 0 Å². The van der Waals surface area contributed by atoms with Crippen molar-refractivity contribution >= 4 is 39.5 Å². The molecule has 0 fully saturated rings. The lowest BCUT2D eigenvalue weighted by Crippen LogP contribution is -2.30. The molecule has 0 rings (SSSR count). The highest BCUT2D eigenvalue weighted by Gasteiger charge is 2.30. The van der Waals surface area contributed by atoms with Crippen LogP contribution in [0.1, 0.15) is 401 Å². The van der Waals surface area contributed by atoms with Crippen molar-refractivity contribution in [3.05, 3.63) is 24.3 Å². The SMILES string of the molecule is CCCCCC/C=C\C=C/CCCCCCCC(=O)O[C@H](COC(=O)CCCCCCCCCCCC)COP(=O)(O)OC[C@H](O)COP(=O)(O)OC[C@@H](COC(=O)CCCCCCCCCCCCCCCCC(C)C)OC(=O)CCCCCCCCCCCCCCCCCC(C)C. The van der Waals surface area contributed by atoms with Crippen molar-refractivity contribution in [2.45, 2.75) is 419 Å². The summed E-state index contributed by atoms with van der Waals surface area (Å²) in [6, 6.07) is 0. The highest BCUT2D eigenvalue weighted by atomic mass is 31.2. The van der Waals surface area contributed by atoms with Crippen molar-refractivity contribution in [2.75, 3.05) is 39.6 Å². The number of carbonyl (C=O) groups excluding carboxylic acids is 4. The second kappa shape index (κ2) is 72.1. The van der Waals surface area contributed by atoms with E-state index in [0.29, 0.717) is 25.7 Å². The molecule has 590 valence electrons. The van der Waals surface area contributed by atoms with Gasteiger partial charge in [0.25, 0.3) is 0 Å². The average Bonchev–Trinajstić information content (AvgIpc) is 0.930. The summed E-state index contributed by atoms with van der Waals surface area (Å²) < 4.78 is 68.7. The summed E-state index contributed by atoms with van der Waals surface area (Å²) in [6.45, 7) is 9.61. The molecule has 0 aliphatic heterocycles. The first-order chi connectivity index (χ1) is 48.4. The van der Waals surface area contributed by atoms with Crippen molar-refractivity contribution in [3.63, 3.8) is 0 Å². The molecule has 17 nitrogen and oxygen atoms in total. The highest BCUT2D eigenvalue weighted by Crippen LogP contribution is 2.45. The second-order valence-corrected chi connectivity index (χ2v) is 32.3. The molecule has 0 radical (unpaired) electrons. The summed E-state index contributed by atoms with van der Waals surface area (Å²) in [7, 11) is -9.93. The summed E-state index contributed by atoms with van der Waals surface area (Å²) in [4.78, 5) is 73.0. The summed E-state index contributed by atoms with van der Waals surface area (Å²) in [6.07, 6.45) is 64.5. The Morgan fingerprint density at radius 1 is 0.310 bits per heavy atom. The predicted octanol–water partition coefficient (Wildman–Crippen LogP) is 23.8. The number of carbonyl (C=O) groups is 4. The topological polar surface area (TPSA) is 237 Å². The Hall–Kier alpha value is -2.46. The number of rotatable bonds is 78. The smallest absolute Gasteiger partial charge is 0.462 e. The molecule has 0 aliphatic carbocycles. The molecule has 0 amide bonds. The van der Waals surface area contributed by atoms with Crippen molar-refractivity contribution in [1.82, 2.24) is 0 Å². The number of esters is 4. The van der Waals surface area contributed by atoms with E-state index in [1.807, 2.05) is 0 Å². The number of aliphatic hydroxyl groups is 1. The maximum atomic E-state index is 13.1. The van der Waals surface area contributed by atoms with Crippen LogP contribution < -0.4 is 0 Å². The largest absolute Gasteiger partial charge is 0.472 e. The fourth-order valence-corrected chi connectivity index (χ4v) is 13.6. The van der Waals surface area contributed by atoms with Crippen LogP contribution in [-0.4, -0.2) is 96.7 Å². The van der Waals surface area contributed by atoms with Gasteiger partial charge in [-0.05, 0) is 63.2 Å². The molecule has 0 aromatic carbocycles. The van der Waals surface area contributed by atoms with Crippen LogP contribution in [0.15, 0.2) is 24.3 Å². The maximum absolute atomic E-state index is 13.1. The first kappa shape index (κ1) is 97.5. The number of allylic oxidation sites excluding steroid dienone is 4. The molecule has 0 saturated carbocycles. The van der Waals surface area contributed by atoms with Crippen LogP contribution in [0.5, 0.6) is 0 Å². The third-order valence-corrected chi connectivity index (χ3v) is 20.2. The normalized spacial score (nSPS) is 14.1. The number of phosphoric ester groups is 2. The summed E-state index contributed by atoms with van der Waals surface area (Å²) in [5, 5.41) is 10.6. The van der Waals surface area contributed by atoms with E-state index in [1.54, 1.807) is 0 Å². The first-order valence-electron chi connectivity index (χ1n) is 41.3. The molecule has 3 N–H and O–H groups in total. The maximum Gasteiger partial charge on any atom is 0.472 e. The minimum absolute atomic E-state index is 0.0853. The van der Waals surface area contributed by atoms with Crippen LogP contribution in [-0.2, 0) is 65.4 Å². The summed E-state index contributed by atoms with van der Waals surface area (Å²) >= 11 is 0. The molecular formula is C81H154O17P2. The van der Waals surface area contributed by atoms with Crippen LogP contribution in [0.2, 0.25) is 0 Å². The number of ether oxygens (including phenoxy) is 4. The van der Waals surface area contributed by atoms with E-state index < -0.39 is 97.5 Å². The third kappa shape index (κ3) is 73.8. The van der Waals surface area contributed by atoms with E-state index in [-0.39, 0.29) is 25.7 Å². The molecule has 0 spiro atoms. The van der Waals surface area contributed by atoms with Gasteiger partial charge in [0, 0.05) is 25.7 Å². The molecule has 0 saturated heterocycles. The van der Waals surface area contributed by atoms with Gasteiger partial charge in [-0.1, -0.05) is 348 Å². The number of aliphatic hydroxyl groups excluding tert-OH is 1.